The fourth-order valence-electron chi connectivity index (χ4n) is 1.76. The third-order valence-electron chi connectivity index (χ3n) is 2.79. The van der Waals surface area contributed by atoms with Crippen molar-refractivity contribution < 1.29 is 4.79 Å². The van der Waals surface area contributed by atoms with Gasteiger partial charge in [0.1, 0.15) is 0 Å². The molecule has 2 rings (SSSR count). The zero-order valence-electron chi connectivity index (χ0n) is 8.75. The van der Waals surface area contributed by atoms with E-state index in [1.807, 2.05) is 26.1 Å². The van der Waals surface area contributed by atoms with E-state index in [9.17, 15) is 4.79 Å². The average Bonchev–Trinajstić information content (AvgIpc) is 2.55. The van der Waals surface area contributed by atoms with Gasteiger partial charge in [-0.1, -0.05) is 17.7 Å². The first-order valence-electron chi connectivity index (χ1n) is 4.90. The number of hydrogen-bond donors (Lipinski definition) is 1. The molecule has 0 aromatic heterocycles. The first-order chi connectivity index (χ1) is 7.13. The lowest BCUT2D eigenvalue weighted by Crippen LogP contribution is -2.41. The fraction of sp³-hybridized carbons (Fsp3) is 0.364. The molecular formula is C11H13ClN2O. The van der Waals surface area contributed by atoms with Crippen molar-refractivity contribution >= 4 is 17.5 Å². The molecule has 0 bridgehead atoms. The maximum atomic E-state index is 12.0. The van der Waals surface area contributed by atoms with Crippen molar-refractivity contribution in [1.82, 2.24) is 10.2 Å². The van der Waals surface area contributed by atoms with Crippen molar-refractivity contribution in [3.63, 3.8) is 0 Å². The molecule has 1 aliphatic rings. The Hall–Kier alpha value is -1.06. The van der Waals surface area contributed by atoms with Gasteiger partial charge in [0.2, 0.25) is 0 Å². The molecule has 80 valence electrons. The van der Waals surface area contributed by atoms with Gasteiger partial charge in [-0.3, -0.25) is 4.79 Å². The van der Waals surface area contributed by atoms with Crippen LogP contribution in [0, 0.1) is 0 Å². The number of fused-ring (bicyclic) bond motifs is 1. The lowest BCUT2D eigenvalue weighted by Gasteiger charge is -2.23. The number of amides is 1. The molecule has 1 aromatic rings. The van der Waals surface area contributed by atoms with Gasteiger partial charge < -0.3 is 10.2 Å². The minimum atomic E-state index is 0.0451. The Morgan fingerprint density at radius 1 is 1.53 bits per heavy atom. The van der Waals surface area contributed by atoms with Crippen LogP contribution in [0.3, 0.4) is 0 Å². The normalized spacial score (nSPS) is 16.7. The molecule has 1 amide bonds. The first-order valence-corrected chi connectivity index (χ1v) is 5.28. The molecule has 0 radical (unpaired) electrons. The van der Waals surface area contributed by atoms with E-state index in [1.54, 1.807) is 11.0 Å². The maximum Gasteiger partial charge on any atom is 0.255 e. The predicted octanol–water partition coefficient (Wildman–Crippen LogP) is 1.86. The average molecular weight is 225 g/mol. The van der Waals surface area contributed by atoms with Crippen LogP contribution in [0.5, 0.6) is 0 Å². The van der Waals surface area contributed by atoms with Gasteiger partial charge in [0, 0.05) is 17.1 Å². The Morgan fingerprint density at radius 3 is 2.93 bits per heavy atom. The summed E-state index contributed by atoms with van der Waals surface area (Å²) >= 11 is 5.86. The van der Waals surface area contributed by atoms with Crippen molar-refractivity contribution in [2.75, 3.05) is 7.05 Å². The van der Waals surface area contributed by atoms with Gasteiger partial charge in [0.05, 0.1) is 6.17 Å². The molecule has 1 atom stereocenters. The zero-order valence-corrected chi connectivity index (χ0v) is 9.51. The Kier molecular flexibility index (Phi) is 2.67. The van der Waals surface area contributed by atoms with E-state index in [1.165, 1.54) is 0 Å². The first kappa shape index (κ1) is 10.5. The van der Waals surface area contributed by atoms with Crippen LogP contribution in [0.1, 0.15) is 22.8 Å². The van der Waals surface area contributed by atoms with Crippen LogP contribution in [0.15, 0.2) is 18.2 Å². The van der Waals surface area contributed by atoms with E-state index in [0.717, 1.165) is 11.1 Å². The van der Waals surface area contributed by atoms with E-state index in [0.29, 0.717) is 11.6 Å². The molecule has 4 heteroatoms. The fourth-order valence-corrected chi connectivity index (χ4v) is 1.94. The minimum Gasteiger partial charge on any atom is -0.319 e. The van der Waals surface area contributed by atoms with E-state index in [-0.39, 0.29) is 12.1 Å². The van der Waals surface area contributed by atoms with Gasteiger partial charge in [-0.2, -0.15) is 0 Å². The van der Waals surface area contributed by atoms with Crippen molar-refractivity contribution in [2.45, 2.75) is 19.6 Å². The lowest BCUT2D eigenvalue weighted by molar-refractivity contribution is 0.0693. The summed E-state index contributed by atoms with van der Waals surface area (Å²) in [4.78, 5) is 13.8. The second-order valence-corrected chi connectivity index (χ2v) is 4.14. The number of carbonyl (C=O) groups excluding carboxylic acids is 1. The van der Waals surface area contributed by atoms with Crippen LogP contribution < -0.4 is 5.32 Å². The highest BCUT2D eigenvalue weighted by molar-refractivity contribution is 6.31. The second-order valence-electron chi connectivity index (χ2n) is 3.70. The van der Waals surface area contributed by atoms with Crippen molar-refractivity contribution in [2.24, 2.45) is 0 Å². The molecule has 1 heterocycles. The highest BCUT2D eigenvalue weighted by Crippen LogP contribution is 2.26. The van der Waals surface area contributed by atoms with E-state index in [4.69, 9.17) is 11.6 Å². The minimum absolute atomic E-state index is 0.0451. The van der Waals surface area contributed by atoms with E-state index >= 15 is 0 Å². The summed E-state index contributed by atoms with van der Waals surface area (Å²) in [5, 5.41) is 3.67. The molecule has 1 N–H and O–H groups in total. The summed E-state index contributed by atoms with van der Waals surface area (Å²) in [5.74, 6) is 0.0503. The van der Waals surface area contributed by atoms with Crippen LogP contribution >= 0.6 is 11.6 Å². The number of carbonyl (C=O) groups is 1. The summed E-state index contributed by atoms with van der Waals surface area (Å²) in [5.41, 5.74) is 1.77. The smallest absolute Gasteiger partial charge is 0.255 e. The summed E-state index contributed by atoms with van der Waals surface area (Å²) in [7, 11) is 1.84. The molecule has 1 aromatic carbocycles. The van der Waals surface area contributed by atoms with Gasteiger partial charge in [0.25, 0.3) is 5.91 Å². The molecule has 3 nitrogen and oxygen atoms in total. The SMILES string of the molecule is CNC(C)N1Cc2ccc(Cl)cc2C1=O. The quantitative estimate of drug-likeness (QED) is 0.832. The van der Waals surface area contributed by atoms with Gasteiger partial charge in [-0.25, -0.2) is 0 Å². The number of nitrogens with one attached hydrogen (secondary N) is 1. The van der Waals surface area contributed by atoms with Crippen LogP contribution in [0.2, 0.25) is 5.02 Å². The van der Waals surface area contributed by atoms with Crippen LogP contribution in [-0.2, 0) is 6.54 Å². The third-order valence-corrected chi connectivity index (χ3v) is 3.02. The molecule has 1 unspecified atom stereocenters. The Morgan fingerprint density at radius 2 is 2.27 bits per heavy atom. The number of halogens is 1. The summed E-state index contributed by atoms with van der Waals surface area (Å²) in [6.45, 7) is 2.62. The monoisotopic (exact) mass is 224 g/mol. The van der Waals surface area contributed by atoms with Gasteiger partial charge in [0.15, 0.2) is 0 Å². The van der Waals surface area contributed by atoms with Crippen molar-refractivity contribution in [3.05, 3.63) is 34.3 Å². The molecule has 0 fully saturated rings. The largest absolute Gasteiger partial charge is 0.319 e. The van der Waals surface area contributed by atoms with Crippen LogP contribution in [-0.4, -0.2) is 24.0 Å². The van der Waals surface area contributed by atoms with E-state index in [2.05, 4.69) is 5.32 Å². The standard InChI is InChI=1S/C11H13ClN2O/c1-7(13-2)14-6-8-3-4-9(12)5-10(8)11(14)15/h3-5,7,13H,6H2,1-2H3. The highest BCUT2D eigenvalue weighted by atomic mass is 35.5. The van der Waals surface area contributed by atoms with Crippen LogP contribution in [0.25, 0.3) is 0 Å². The number of nitrogens with zero attached hydrogens (tertiary/aromatic N) is 1. The topological polar surface area (TPSA) is 32.3 Å². The Labute approximate surface area is 94.0 Å². The lowest BCUT2D eigenvalue weighted by atomic mass is 10.1. The van der Waals surface area contributed by atoms with Crippen LogP contribution in [0.4, 0.5) is 0 Å². The molecule has 1 aliphatic heterocycles. The molecule has 0 spiro atoms. The molecule has 0 aliphatic carbocycles. The zero-order chi connectivity index (χ0) is 11.0. The molecule has 15 heavy (non-hydrogen) atoms. The Bertz CT molecular complexity index is 406. The summed E-state index contributed by atoms with van der Waals surface area (Å²) in [6.07, 6.45) is 0.0451. The van der Waals surface area contributed by atoms with E-state index < -0.39 is 0 Å². The van der Waals surface area contributed by atoms with Crippen molar-refractivity contribution in [3.8, 4) is 0 Å². The maximum absolute atomic E-state index is 12.0. The van der Waals surface area contributed by atoms with Gasteiger partial charge in [-0.05, 0) is 31.7 Å². The third kappa shape index (κ3) is 1.73. The van der Waals surface area contributed by atoms with Gasteiger partial charge >= 0.3 is 0 Å². The summed E-state index contributed by atoms with van der Waals surface area (Å²) < 4.78 is 0. The summed E-state index contributed by atoms with van der Waals surface area (Å²) in [6, 6.07) is 5.47. The number of benzene rings is 1. The molecule has 0 saturated carbocycles. The molecule has 0 saturated heterocycles. The van der Waals surface area contributed by atoms with Crippen molar-refractivity contribution in [1.29, 1.82) is 0 Å². The number of rotatable bonds is 2. The number of hydrogen-bond acceptors (Lipinski definition) is 2. The highest BCUT2D eigenvalue weighted by Gasteiger charge is 2.29. The Balaban J connectivity index is 2.33. The van der Waals surface area contributed by atoms with Gasteiger partial charge in [-0.15, -0.1) is 0 Å². The predicted molar refractivity (Wildman–Crippen MR) is 59.8 cm³/mol. The molecular weight excluding hydrogens is 212 g/mol. The second kappa shape index (κ2) is 3.83.